The van der Waals surface area contributed by atoms with E-state index >= 15 is 0 Å². The summed E-state index contributed by atoms with van der Waals surface area (Å²) in [5.41, 5.74) is 0. The number of hydrogen-bond donors (Lipinski definition) is 0. The van der Waals surface area contributed by atoms with Gasteiger partial charge in [-0.2, -0.15) is 0 Å². The van der Waals surface area contributed by atoms with Gasteiger partial charge in [-0.25, -0.2) is 8.42 Å². The van der Waals surface area contributed by atoms with Crippen molar-refractivity contribution in [2.45, 2.75) is 25.1 Å². The van der Waals surface area contributed by atoms with Crippen LogP contribution in [0.1, 0.15) is 19.8 Å². The molecule has 1 unspecified atom stereocenters. The molecule has 0 amide bonds. The second kappa shape index (κ2) is 3.75. The van der Waals surface area contributed by atoms with Crippen LogP contribution in [0.25, 0.3) is 0 Å². The molecule has 1 aliphatic heterocycles. The standard InChI is InChI=1S/C8H16NO2S/c1-8(12(2,10)11)9-6-4-3-5-7-9/h3,8H,4-7H2,1-2H3. The molecule has 1 saturated heterocycles. The van der Waals surface area contributed by atoms with Crippen LogP contribution in [0.2, 0.25) is 0 Å². The number of sulfone groups is 1. The number of hydrogen-bond acceptors (Lipinski definition) is 3. The molecule has 0 aromatic heterocycles. The summed E-state index contributed by atoms with van der Waals surface area (Å²) in [7, 11) is -2.89. The van der Waals surface area contributed by atoms with Crippen LogP contribution in [-0.4, -0.2) is 38.0 Å². The molecular weight excluding hydrogens is 174 g/mol. The third kappa shape index (κ3) is 2.45. The molecule has 0 aliphatic carbocycles. The predicted molar refractivity (Wildman–Crippen MR) is 49.4 cm³/mol. The molecule has 0 saturated carbocycles. The molecule has 71 valence electrons. The first-order valence-electron chi connectivity index (χ1n) is 4.26. The van der Waals surface area contributed by atoms with Gasteiger partial charge >= 0.3 is 0 Å². The fraction of sp³-hybridized carbons (Fsp3) is 0.875. The Hall–Kier alpha value is -0.0900. The maximum atomic E-state index is 11.2. The summed E-state index contributed by atoms with van der Waals surface area (Å²) in [5.74, 6) is 0. The van der Waals surface area contributed by atoms with Crippen molar-refractivity contribution in [2.24, 2.45) is 0 Å². The van der Waals surface area contributed by atoms with E-state index in [1.165, 1.54) is 6.26 Å². The fourth-order valence-corrected chi connectivity index (χ4v) is 2.16. The maximum absolute atomic E-state index is 11.2. The first kappa shape index (κ1) is 9.99. The Balaban J connectivity index is 2.57. The number of rotatable bonds is 2. The van der Waals surface area contributed by atoms with Crippen molar-refractivity contribution in [3.05, 3.63) is 6.42 Å². The van der Waals surface area contributed by atoms with Crippen molar-refractivity contribution >= 4 is 9.84 Å². The lowest BCUT2D eigenvalue weighted by molar-refractivity contribution is 0.240. The summed E-state index contributed by atoms with van der Waals surface area (Å²) in [5, 5.41) is -0.314. The van der Waals surface area contributed by atoms with Crippen molar-refractivity contribution in [3.63, 3.8) is 0 Å². The molecule has 1 heterocycles. The van der Waals surface area contributed by atoms with Gasteiger partial charge in [0.25, 0.3) is 0 Å². The highest BCUT2D eigenvalue weighted by Crippen LogP contribution is 2.13. The summed E-state index contributed by atoms with van der Waals surface area (Å²) in [6, 6.07) is 0. The Bertz CT molecular complexity index is 229. The van der Waals surface area contributed by atoms with Crippen molar-refractivity contribution < 1.29 is 8.42 Å². The Morgan fingerprint density at radius 2 is 1.83 bits per heavy atom. The molecule has 4 heteroatoms. The molecule has 1 fully saturated rings. The quantitative estimate of drug-likeness (QED) is 0.642. The van der Waals surface area contributed by atoms with Crippen LogP contribution in [0, 0.1) is 6.42 Å². The second-order valence-corrected chi connectivity index (χ2v) is 5.67. The van der Waals surface area contributed by atoms with Crippen LogP contribution in [-0.2, 0) is 9.84 Å². The molecule has 0 N–H and O–H groups in total. The summed E-state index contributed by atoms with van der Waals surface area (Å²) >= 11 is 0. The summed E-state index contributed by atoms with van der Waals surface area (Å²) < 4.78 is 22.4. The van der Waals surface area contributed by atoms with Gasteiger partial charge in [-0.15, -0.1) is 0 Å². The zero-order chi connectivity index (χ0) is 9.19. The van der Waals surface area contributed by atoms with Gasteiger partial charge in [0.15, 0.2) is 9.84 Å². The van der Waals surface area contributed by atoms with Gasteiger partial charge in [0, 0.05) is 6.26 Å². The zero-order valence-corrected chi connectivity index (χ0v) is 8.47. The molecule has 0 aromatic carbocycles. The van der Waals surface area contributed by atoms with Crippen LogP contribution in [0.3, 0.4) is 0 Å². The van der Waals surface area contributed by atoms with Crippen LogP contribution in [0.15, 0.2) is 0 Å². The SMILES string of the molecule is CC(N1CC[CH]CC1)S(C)(=O)=O. The first-order valence-corrected chi connectivity index (χ1v) is 6.22. The summed E-state index contributed by atoms with van der Waals surface area (Å²) in [4.78, 5) is 2.02. The lowest BCUT2D eigenvalue weighted by atomic mass is 10.1. The van der Waals surface area contributed by atoms with Gasteiger partial charge in [0.2, 0.25) is 0 Å². The summed E-state index contributed by atoms with van der Waals surface area (Å²) in [6.07, 6.45) is 5.54. The Morgan fingerprint density at radius 3 is 2.25 bits per heavy atom. The molecule has 1 radical (unpaired) electrons. The van der Waals surface area contributed by atoms with Crippen LogP contribution < -0.4 is 0 Å². The molecule has 1 aliphatic rings. The van der Waals surface area contributed by atoms with E-state index in [4.69, 9.17) is 0 Å². The van der Waals surface area contributed by atoms with Crippen LogP contribution >= 0.6 is 0 Å². The van der Waals surface area contributed by atoms with E-state index in [2.05, 4.69) is 6.42 Å². The predicted octanol–water partition coefficient (Wildman–Crippen LogP) is 0.677. The number of likely N-dealkylation sites (tertiary alicyclic amines) is 1. The molecule has 3 nitrogen and oxygen atoms in total. The maximum Gasteiger partial charge on any atom is 0.163 e. The largest absolute Gasteiger partial charge is 0.288 e. The van der Waals surface area contributed by atoms with Crippen molar-refractivity contribution in [1.82, 2.24) is 4.90 Å². The average molecular weight is 190 g/mol. The monoisotopic (exact) mass is 190 g/mol. The minimum absolute atomic E-state index is 0.314. The Labute approximate surface area is 74.7 Å². The van der Waals surface area contributed by atoms with Gasteiger partial charge in [-0.1, -0.05) is 0 Å². The lowest BCUT2D eigenvalue weighted by Gasteiger charge is -2.30. The fourth-order valence-electron chi connectivity index (χ4n) is 1.40. The molecule has 0 aromatic rings. The van der Waals surface area contributed by atoms with Crippen LogP contribution in [0.4, 0.5) is 0 Å². The normalized spacial score (nSPS) is 23.8. The third-order valence-corrected chi connectivity index (χ3v) is 3.91. The van der Waals surface area contributed by atoms with E-state index < -0.39 is 9.84 Å². The first-order chi connectivity index (χ1) is 5.52. The van der Waals surface area contributed by atoms with E-state index in [1.54, 1.807) is 6.92 Å². The van der Waals surface area contributed by atoms with E-state index in [9.17, 15) is 8.42 Å². The van der Waals surface area contributed by atoms with E-state index in [1.807, 2.05) is 4.90 Å². The topological polar surface area (TPSA) is 37.4 Å². The van der Waals surface area contributed by atoms with E-state index in [-0.39, 0.29) is 5.37 Å². The smallest absolute Gasteiger partial charge is 0.163 e. The summed E-state index contributed by atoms with van der Waals surface area (Å²) in [6.45, 7) is 3.53. The van der Waals surface area contributed by atoms with Crippen molar-refractivity contribution in [3.8, 4) is 0 Å². The highest BCUT2D eigenvalue weighted by molar-refractivity contribution is 7.91. The van der Waals surface area contributed by atoms with Gasteiger partial charge in [-0.3, -0.25) is 4.90 Å². The molecule has 0 spiro atoms. The number of nitrogens with zero attached hydrogens (tertiary/aromatic N) is 1. The second-order valence-electron chi connectivity index (χ2n) is 3.33. The van der Waals surface area contributed by atoms with Gasteiger partial charge < -0.3 is 0 Å². The van der Waals surface area contributed by atoms with Gasteiger partial charge in [-0.05, 0) is 39.3 Å². The minimum atomic E-state index is -2.89. The average Bonchev–Trinajstić information content (AvgIpc) is 2.03. The van der Waals surface area contributed by atoms with E-state index in [0.717, 1.165) is 25.9 Å². The molecule has 1 atom stereocenters. The van der Waals surface area contributed by atoms with Crippen molar-refractivity contribution in [1.29, 1.82) is 0 Å². The van der Waals surface area contributed by atoms with Gasteiger partial charge in [0.05, 0.1) is 0 Å². The highest BCUT2D eigenvalue weighted by atomic mass is 32.2. The Morgan fingerprint density at radius 1 is 1.33 bits per heavy atom. The highest BCUT2D eigenvalue weighted by Gasteiger charge is 2.23. The van der Waals surface area contributed by atoms with Crippen molar-refractivity contribution in [2.75, 3.05) is 19.3 Å². The Kier molecular flexibility index (Phi) is 3.12. The third-order valence-electron chi connectivity index (χ3n) is 2.37. The molecule has 12 heavy (non-hydrogen) atoms. The van der Waals surface area contributed by atoms with Gasteiger partial charge in [0.1, 0.15) is 5.37 Å². The minimum Gasteiger partial charge on any atom is -0.288 e. The van der Waals surface area contributed by atoms with E-state index in [0.29, 0.717) is 0 Å². The number of piperidine rings is 1. The molecule has 1 rings (SSSR count). The zero-order valence-electron chi connectivity index (χ0n) is 7.66. The molecule has 0 bridgehead atoms. The molecular formula is C8H16NO2S. The van der Waals surface area contributed by atoms with Crippen LogP contribution in [0.5, 0.6) is 0 Å². The lowest BCUT2D eigenvalue weighted by Crippen LogP contribution is -2.41.